The molecule has 7 aromatic carbocycles. The van der Waals surface area contributed by atoms with Gasteiger partial charge in [-0.05, 0) is 203 Å². The Bertz CT molecular complexity index is 2930. The Morgan fingerprint density at radius 1 is 0.275 bits per heavy atom. The SMILES string of the molecule is C.C.CC(C)(C)Cc1ccc(OC(F)(F)F)cc1.CC(C)(C)Cc1cccc(F)c1.CC(C)(C)Cc1ccccc1.Cc1cc(F)cc(CC(C)(C)C)c1.Cc1ccc(CC(C)(C)C)cc1.Cc1ccc(CC(C)(C)C)cc1.Cc1ccc(CC(C)(C)C)cc1F. The van der Waals surface area contributed by atoms with Crippen molar-refractivity contribution < 1.29 is 31.1 Å². The number of rotatable bonds is 8. The first kappa shape index (κ1) is 87.0. The number of benzene rings is 7. The van der Waals surface area contributed by atoms with Gasteiger partial charge in [0.25, 0.3) is 0 Å². The zero-order valence-corrected chi connectivity index (χ0v) is 59.7. The molecule has 0 unspecified atom stereocenters. The first-order valence-corrected chi connectivity index (χ1v) is 31.7. The Morgan fingerprint density at radius 2 is 0.571 bits per heavy atom. The molecule has 0 aliphatic rings. The van der Waals surface area contributed by atoms with Gasteiger partial charge in [-0.25, -0.2) is 13.2 Å². The molecule has 0 aliphatic heterocycles. The van der Waals surface area contributed by atoms with Crippen LogP contribution in [0, 0.1) is 83.1 Å². The van der Waals surface area contributed by atoms with Gasteiger partial charge in [-0.3, -0.25) is 0 Å². The van der Waals surface area contributed by atoms with Crippen LogP contribution in [0.3, 0.4) is 0 Å². The van der Waals surface area contributed by atoms with Crippen molar-refractivity contribution in [3.63, 3.8) is 0 Å². The topological polar surface area (TPSA) is 9.23 Å². The van der Waals surface area contributed by atoms with Gasteiger partial charge in [-0.15, -0.1) is 13.2 Å². The molecule has 0 saturated heterocycles. The lowest BCUT2D eigenvalue weighted by Gasteiger charge is -2.18. The molecular formula is C84H124F6O. The highest BCUT2D eigenvalue weighted by Gasteiger charge is 2.31. The van der Waals surface area contributed by atoms with E-state index < -0.39 is 6.36 Å². The van der Waals surface area contributed by atoms with Crippen LogP contribution >= 0.6 is 0 Å². The Balaban J connectivity index is 0. The first-order chi connectivity index (χ1) is 40.4. The minimum atomic E-state index is -4.62. The number of halogens is 6. The van der Waals surface area contributed by atoms with Gasteiger partial charge in [-0.1, -0.05) is 293 Å². The minimum absolute atomic E-state index is 0. The normalized spacial score (nSPS) is 11.6. The summed E-state index contributed by atoms with van der Waals surface area (Å²) < 4.78 is 78.4. The molecule has 7 aromatic rings. The van der Waals surface area contributed by atoms with Crippen LogP contribution in [0.4, 0.5) is 26.3 Å². The first-order valence-electron chi connectivity index (χ1n) is 31.7. The Morgan fingerprint density at radius 3 is 0.901 bits per heavy atom. The fraction of sp³-hybridized carbons (Fsp3) is 0.500. The fourth-order valence-electron chi connectivity index (χ4n) is 9.41. The zero-order valence-electron chi connectivity index (χ0n) is 59.7. The molecule has 0 bridgehead atoms. The molecule has 1 nitrogen and oxygen atoms in total. The van der Waals surface area contributed by atoms with Gasteiger partial charge in [0.1, 0.15) is 23.2 Å². The standard InChI is InChI=1S/C12H15F3O.2C12H17F.2C12H18.C11H15F.C11H16.2CH4/c1-11(2,3)8-9-4-6-10(7-5-9)16-12(13,14)15;1-9-5-10(7-11(13)6-9)8-12(2,3)4;1-9-5-6-10(7-11(9)13)8-12(2,3)4;2*1-10-5-7-11(8-6-10)9-12(2,3)4;1-11(2,3)8-9-5-4-6-10(12)7-9;1-11(2,3)9-10-7-5-4-6-8-10;;/h4-7H,8H2,1-3H3;2*5-7H,8H2,1-4H3;2*5-8H,9H2,1-4H3;4-7H,8H2,1-3H3;4-8H,9H2,1-3H3;2*1H4. The molecule has 0 saturated carbocycles. The van der Waals surface area contributed by atoms with Crippen LogP contribution in [0.5, 0.6) is 5.75 Å². The van der Waals surface area contributed by atoms with Crippen LogP contribution < -0.4 is 4.74 Å². The van der Waals surface area contributed by atoms with E-state index >= 15 is 0 Å². The maximum atomic E-state index is 13.2. The van der Waals surface area contributed by atoms with E-state index in [9.17, 15) is 26.3 Å². The van der Waals surface area contributed by atoms with E-state index in [2.05, 4.69) is 243 Å². The Labute approximate surface area is 553 Å². The lowest BCUT2D eigenvalue weighted by atomic mass is 9.88. The molecule has 0 N–H and O–H groups in total. The maximum absolute atomic E-state index is 13.2. The Hall–Kier alpha value is -6.08. The van der Waals surface area contributed by atoms with Crippen molar-refractivity contribution in [2.45, 2.75) is 239 Å². The van der Waals surface area contributed by atoms with E-state index in [-0.39, 0.29) is 59.7 Å². The van der Waals surface area contributed by atoms with Gasteiger partial charge in [0.15, 0.2) is 0 Å². The molecule has 7 rings (SSSR count). The van der Waals surface area contributed by atoms with E-state index in [1.54, 1.807) is 49.4 Å². The number of hydrogen-bond acceptors (Lipinski definition) is 1. The average molecular weight is 1260 g/mol. The van der Waals surface area contributed by atoms with Gasteiger partial charge < -0.3 is 4.74 Å². The molecule has 0 atom stereocenters. The van der Waals surface area contributed by atoms with Crippen LogP contribution in [-0.2, 0) is 44.9 Å². The second kappa shape index (κ2) is 38.8. The lowest BCUT2D eigenvalue weighted by molar-refractivity contribution is -0.274. The van der Waals surface area contributed by atoms with E-state index in [0.717, 1.165) is 78.3 Å². The molecule has 0 aliphatic carbocycles. The van der Waals surface area contributed by atoms with Crippen LogP contribution in [0.2, 0.25) is 0 Å². The molecule has 0 heterocycles. The third-order valence-corrected chi connectivity index (χ3v) is 12.6. The van der Waals surface area contributed by atoms with E-state index in [1.807, 2.05) is 31.2 Å². The van der Waals surface area contributed by atoms with Crippen LogP contribution in [-0.4, -0.2) is 6.36 Å². The number of ether oxygens (including phenoxy) is 1. The predicted octanol–water partition coefficient (Wildman–Crippen LogP) is 26.7. The van der Waals surface area contributed by atoms with Gasteiger partial charge in [0, 0.05) is 0 Å². The van der Waals surface area contributed by atoms with Crippen molar-refractivity contribution in [2.24, 2.45) is 37.9 Å². The van der Waals surface area contributed by atoms with E-state index in [1.165, 1.54) is 46.0 Å². The number of alkyl halides is 3. The molecule has 0 fully saturated rings. The third-order valence-electron chi connectivity index (χ3n) is 12.6. The van der Waals surface area contributed by atoms with Crippen LogP contribution in [0.1, 0.15) is 221 Å². The predicted molar refractivity (Wildman–Crippen MR) is 386 cm³/mol. The van der Waals surface area contributed by atoms with Crippen LogP contribution in [0.25, 0.3) is 0 Å². The molecule has 7 heteroatoms. The minimum Gasteiger partial charge on any atom is -0.406 e. The summed E-state index contributed by atoms with van der Waals surface area (Å²) in [5.74, 6) is -0.539. The molecule has 0 radical (unpaired) electrons. The summed E-state index contributed by atoms with van der Waals surface area (Å²) in [5, 5.41) is 0. The molecule has 508 valence electrons. The largest absolute Gasteiger partial charge is 0.573 e. The van der Waals surface area contributed by atoms with Crippen molar-refractivity contribution in [1.82, 2.24) is 0 Å². The summed E-state index contributed by atoms with van der Waals surface area (Å²) in [6.45, 7) is 54.0. The average Bonchev–Trinajstić information content (AvgIpc) is 1.56. The molecule has 91 heavy (non-hydrogen) atoms. The second-order valence-corrected chi connectivity index (χ2v) is 32.7. The summed E-state index contributed by atoms with van der Waals surface area (Å²) in [6, 6.07) is 51.8. The summed E-state index contributed by atoms with van der Waals surface area (Å²) in [4.78, 5) is 0. The summed E-state index contributed by atoms with van der Waals surface area (Å²) in [7, 11) is 0. The number of aryl methyl sites for hydroxylation is 4. The maximum Gasteiger partial charge on any atom is 0.573 e. The summed E-state index contributed by atoms with van der Waals surface area (Å²) >= 11 is 0. The third kappa shape index (κ3) is 49.3. The van der Waals surface area contributed by atoms with Crippen molar-refractivity contribution >= 4 is 0 Å². The van der Waals surface area contributed by atoms with Crippen molar-refractivity contribution in [3.8, 4) is 5.75 Å². The quantitative estimate of drug-likeness (QED) is 0.138. The lowest BCUT2D eigenvalue weighted by Crippen LogP contribution is -2.17. The highest BCUT2D eigenvalue weighted by molar-refractivity contribution is 5.29. The number of hydrogen-bond donors (Lipinski definition) is 0. The summed E-state index contributed by atoms with van der Waals surface area (Å²) in [5.41, 5.74) is 14.9. The fourth-order valence-corrected chi connectivity index (χ4v) is 9.41. The molecular weight excluding hydrogens is 1140 g/mol. The van der Waals surface area contributed by atoms with E-state index in [0.29, 0.717) is 16.2 Å². The van der Waals surface area contributed by atoms with Crippen molar-refractivity contribution in [2.75, 3.05) is 0 Å². The van der Waals surface area contributed by atoms with Crippen molar-refractivity contribution in [1.29, 1.82) is 0 Å². The van der Waals surface area contributed by atoms with E-state index in [4.69, 9.17) is 0 Å². The zero-order chi connectivity index (χ0) is 68.4. The Kier molecular flexibility index (Phi) is 37.1. The van der Waals surface area contributed by atoms with Gasteiger partial charge in [0.05, 0.1) is 0 Å². The monoisotopic (exact) mass is 1260 g/mol. The highest BCUT2D eigenvalue weighted by atomic mass is 19.4. The van der Waals surface area contributed by atoms with Crippen LogP contribution in [0.15, 0.2) is 164 Å². The molecule has 0 aromatic heterocycles. The molecule has 0 spiro atoms. The van der Waals surface area contributed by atoms with Gasteiger partial charge in [-0.2, -0.15) is 0 Å². The second-order valence-electron chi connectivity index (χ2n) is 32.7. The van der Waals surface area contributed by atoms with Gasteiger partial charge in [0.2, 0.25) is 0 Å². The highest BCUT2D eigenvalue weighted by Crippen LogP contribution is 2.28. The van der Waals surface area contributed by atoms with Gasteiger partial charge >= 0.3 is 6.36 Å². The smallest absolute Gasteiger partial charge is 0.406 e. The molecule has 0 amide bonds. The summed E-state index contributed by atoms with van der Waals surface area (Å²) in [6.07, 6.45) is 2.44. The van der Waals surface area contributed by atoms with Crippen molar-refractivity contribution in [3.05, 3.63) is 242 Å².